The van der Waals surface area contributed by atoms with Crippen LogP contribution in [0.2, 0.25) is 0 Å². The van der Waals surface area contributed by atoms with Gasteiger partial charge in [0.15, 0.2) is 0 Å². The van der Waals surface area contributed by atoms with Gasteiger partial charge in [0, 0.05) is 19.0 Å². The highest BCUT2D eigenvalue weighted by molar-refractivity contribution is 5.96. The van der Waals surface area contributed by atoms with Gasteiger partial charge < -0.3 is 14.6 Å². The van der Waals surface area contributed by atoms with Crippen LogP contribution in [0.3, 0.4) is 0 Å². The van der Waals surface area contributed by atoms with Crippen LogP contribution in [0.1, 0.15) is 5.56 Å². The van der Waals surface area contributed by atoms with Crippen molar-refractivity contribution in [1.82, 2.24) is 4.57 Å². The number of nitrogens with zero attached hydrogens (tertiary/aromatic N) is 2. The maximum absolute atomic E-state index is 12.4. The number of hydrogen-bond acceptors (Lipinski definition) is 5. The summed E-state index contributed by atoms with van der Waals surface area (Å²) in [5, 5.41) is 15.2. The molecule has 0 aliphatic carbocycles. The van der Waals surface area contributed by atoms with Gasteiger partial charge in [-0.1, -0.05) is 30.3 Å². The Morgan fingerprint density at radius 3 is 2.48 bits per heavy atom. The predicted molar refractivity (Wildman–Crippen MR) is 96.2 cm³/mol. The van der Waals surface area contributed by atoms with E-state index in [1.165, 1.54) is 11.6 Å². The lowest BCUT2D eigenvalue weighted by Gasteiger charge is -2.13. The number of para-hydroxylation sites is 1. The molecular formula is C18H17N3O4. The quantitative estimate of drug-likeness (QED) is 0.570. The van der Waals surface area contributed by atoms with Crippen LogP contribution in [0.15, 0.2) is 53.3 Å². The average molecular weight is 339 g/mol. The van der Waals surface area contributed by atoms with E-state index in [2.05, 4.69) is 5.32 Å². The maximum atomic E-state index is 12.4. The Balaban J connectivity index is 2.07. The summed E-state index contributed by atoms with van der Waals surface area (Å²) in [4.78, 5) is 23.2. The van der Waals surface area contributed by atoms with Gasteiger partial charge in [-0.05, 0) is 23.8 Å². The van der Waals surface area contributed by atoms with Crippen molar-refractivity contribution < 1.29 is 9.66 Å². The zero-order valence-corrected chi connectivity index (χ0v) is 13.9. The van der Waals surface area contributed by atoms with E-state index in [1.54, 1.807) is 31.4 Å². The monoisotopic (exact) mass is 339 g/mol. The number of hydrogen-bond donors (Lipinski definition) is 1. The van der Waals surface area contributed by atoms with Gasteiger partial charge in [0.05, 0.1) is 17.5 Å². The van der Waals surface area contributed by atoms with Crippen molar-refractivity contribution in [2.24, 2.45) is 7.05 Å². The fraction of sp³-hybridized carbons (Fsp3) is 0.167. The molecule has 7 nitrogen and oxygen atoms in total. The molecule has 0 atom stereocenters. The van der Waals surface area contributed by atoms with Crippen LogP contribution < -0.4 is 15.6 Å². The third kappa shape index (κ3) is 3.03. The average Bonchev–Trinajstić information content (AvgIpc) is 2.63. The first-order valence-corrected chi connectivity index (χ1v) is 7.66. The van der Waals surface area contributed by atoms with Crippen molar-refractivity contribution in [3.8, 4) is 5.75 Å². The summed E-state index contributed by atoms with van der Waals surface area (Å²) in [6.45, 7) is 0.349. The van der Waals surface area contributed by atoms with Gasteiger partial charge >= 0.3 is 11.2 Å². The highest BCUT2D eigenvalue weighted by Gasteiger charge is 2.24. The first kappa shape index (κ1) is 16.5. The number of aromatic nitrogens is 1. The molecule has 0 saturated heterocycles. The third-order valence-corrected chi connectivity index (χ3v) is 4.09. The molecule has 0 aliphatic heterocycles. The normalized spacial score (nSPS) is 10.6. The third-order valence-electron chi connectivity index (χ3n) is 4.09. The summed E-state index contributed by atoms with van der Waals surface area (Å²) in [7, 11) is 3.12. The lowest BCUT2D eigenvalue weighted by Crippen LogP contribution is -2.22. The van der Waals surface area contributed by atoms with Crippen molar-refractivity contribution in [3.63, 3.8) is 0 Å². The molecule has 3 aromatic rings. The van der Waals surface area contributed by atoms with E-state index in [4.69, 9.17) is 4.74 Å². The van der Waals surface area contributed by atoms with Crippen molar-refractivity contribution in [1.29, 1.82) is 0 Å². The highest BCUT2D eigenvalue weighted by atomic mass is 16.6. The van der Waals surface area contributed by atoms with Crippen LogP contribution in [0, 0.1) is 10.1 Å². The van der Waals surface area contributed by atoms with Crippen LogP contribution in [-0.2, 0) is 13.6 Å². The molecule has 1 aromatic heterocycles. The Morgan fingerprint density at radius 1 is 1.16 bits per heavy atom. The SMILES string of the molecule is COc1ccc(CNc2c([N+](=O)[O-])c(=O)n(C)c3ccccc23)cc1. The van der Waals surface area contributed by atoms with E-state index in [-0.39, 0.29) is 5.69 Å². The Bertz CT molecular complexity index is 994. The van der Waals surface area contributed by atoms with E-state index in [1.807, 2.05) is 24.3 Å². The molecular weight excluding hydrogens is 322 g/mol. The van der Waals surface area contributed by atoms with Gasteiger partial charge in [-0.2, -0.15) is 0 Å². The van der Waals surface area contributed by atoms with Crippen molar-refractivity contribution >= 4 is 22.3 Å². The van der Waals surface area contributed by atoms with Crippen molar-refractivity contribution in [2.45, 2.75) is 6.54 Å². The van der Waals surface area contributed by atoms with Crippen LogP contribution in [0.4, 0.5) is 11.4 Å². The molecule has 0 radical (unpaired) electrons. The van der Waals surface area contributed by atoms with Gasteiger partial charge in [0.1, 0.15) is 11.4 Å². The fourth-order valence-corrected chi connectivity index (χ4v) is 2.76. The largest absolute Gasteiger partial charge is 0.497 e. The van der Waals surface area contributed by atoms with Crippen LogP contribution in [0.25, 0.3) is 10.9 Å². The topological polar surface area (TPSA) is 86.4 Å². The highest BCUT2D eigenvalue weighted by Crippen LogP contribution is 2.30. The number of nitrogens with one attached hydrogen (secondary N) is 1. The molecule has 0 unspecified atom stereocenters. The number of anilines is 1. The predicted octanol–water partition coefficient (Wildman–Crippen LogP) is 3.07. The lowest BCUT2D eigenvalue weighted by molar-refractivity contribution is -0.385. The summed E-state index contributed by atoms with van der Waals surface area (Å²) >= 11 is 0. The van der Waals surface area contributed by atoms with Gasteiger partial charge in [-0.25, -0.2) is 0 Å². The van der Waals surface area contributed by atoms with Gasteiger partial charge in [-0.3, -0.25) is 14.9 Å². The maximum Gasteiger partial charge on any atom is 0.357 e. The number of methoxy groups -OCH3 is 1. The van der Waals surface area contributed by atoms with E-state index in [0.29, 0.717) is 17.4 Å². The minimum atomic E-state index is -0.638. The van der Waals surface area contributed by atoms with Crippen molar-refractivity contribution in [3.05, 3.63) is 74.6 Å². The molecule has 1 heterocycles. The molecule has 3 rings (SSSR count). The molecule has 1 N–H and O–H groups in total. The first-order chi connectivity index (χ1) is 12.0. The Labute approximate surface area is 143 Å². The Kier molecular flexibility index (Phi) is 4.38. The summed E-state index contributed by atoms with van der Waals surface area (Å²) in [5.74, 6) is 0.730. The second kappa shape index (κ2) is 6.64. The van der Waals surface area contributed by atoms with Gasteiger partial charge in [0.2, 0.25) is 0 Å². The molecule has 2 aromatic carbocycles. The minimum absolute atomic E-state index is 0.236. The number of pyridine rings is 1. The summed E-state index contributed by atoms with van der Waals surface area (Å²) in [6, 6.07) is 14.5. The molecule has 7 heteroatoms. The Morgan fingerprint density at radius 2 is 1.84 bits per heavy atom. The van der Waals surface area contributed by atoms with E-state index >= 15 is 0 Å². The van der Waals surface area contributed by atoms with E-state index < -0.39 is 16.2 Å². The van der Waals surface area contributed by atoms with Gasteiger partial charge in [-0.15, -0.1) is 0 Å². The Hall–Kier alpha value is -3.35. The molecule has 0 saturated carbocycles. The summed E-state index contributed by atoms with van der Waals surface area (Å²) in [5.41, 5.74) is 0.699. The molecule has 0 aliphatic rings. The number of aryl methyl sites for hydroxylation is 1. The molecule has 128 valence electrons. The lowest BCUT2D eigenvalue weighted by atomic mass is 10.1. The number of nitro groups is 1. The molecule has 25 heavy (non-hydrogen) atoms. The smallest absolute Gasteiger partial charge is 0.357 e. The van der Waals surface area contributed by atoms with E-state index in [0.717, 1.165) is 11.3 Å². The minimum Gasteiger partial charge on any atom is -0.497 e. The second-order valence-corrected chi connectivity index (χ2v) is 5.56. The number of ether oxygens (including phenoxy) is 1. The standard InChI is InChI=1S/C18H17N3O4/c1-20-15-6-4-3-5-14(15)16(17(18(20)22)21(23)24)19-11-12-7-9-13(25-2)10-8-12/h3-10,19H,11H2,1-2H3. The zero-order valence-electron chi connectivity index (χ0n) is 13.9. The molecule has 0 bridgehead atoms. The van der Waals surface area contributed by atoms with E-state index in [9.17, 15) is 14.9 Å². The summed E-state index contributed by atoms with van der Waals surface area (Å²) < 4.78 is 6.41. The van der Waals surface area contributed by atoms with Crippen LogP contribution >= 0.6 is 0 Å². The first-order valence-electron chi connectivity index (χ1n) is 7.66. The van der Waals surface area contributed by atoms with Crippen LogP contribution in [-0.4, -0.2) is 16.6 Å². The molecule has 0 amide bonds. The van der Waals surface area contributed by atoms with Crippen molar-refractivity contribution in [2.75, 3.05) is 12.4 Å². The number of benzene rings is 2. The molecule has 0 fully saturated rings. The fourth-order valence-electron chi connectivity index (χ4n) is 2.76. The number of rotatable bonds is 5. The zero-order chi connectivity index (χ0) is 18.0. The number of fused-ring (bicyclic) bond motifs is 1. The van der Waals surface area contributed by atoms with Crippen LogP contribution in [0.5, 0.6) is 5.75 Å². The summed E-state index contributed by atoms with van der Waals surface area (Å²) in [6.07, 6.45) is 0. The molecule has 0 spiro atoms. The van der Waals surface area contributed by atoms with Gasteiger partial charge in [0.25, 0.3) is 0 Å². The second-order valence-electron chi connectivity index (χ2n) is 5.56.